The number of fused-ring (bicyclic) bond motifs is 1. The van der Waals surface area contributed by atoms with Gasteiger partial charge in [0, 0.05) is 5.70 Å². The van der Waals surface area contributed by atoms with Crippen molar-refractivity contribution in [1.82, 2.24) is 14.8 Å². The van der Waals surface area contributed by atoms with Gasteiger partial charge in [-0.05, 0) is 53.6 Å². The van der Waals surface area contributed by atoms with Crippen LogP contribution in [0.15, 0.2) is 60.9 Å². The first-order valence-electron chi connectivity index (χ1n) is 8.21. The van der Waals surface area contributed by atoms with Crippen LogP contribution in [0.4, 0.5) is 14.7 Å². The van der Waals surface area contributed by atoms with E-state index in [-0.39, 0.29) is 11.8 Å². The van der Waals surface area contributed by atoms with E-state index in [4.69, 9.17) is 4.74 Å². The molecule has 1 unspecified atom stereocenters. The average molecular weight is 370 g/mol. The van der Waals surface area contributed by atoms with E-state index in [1.807, 2.05) is 30.3 Å². The van der Waals surface area contributed by atoms with Crippen LogP contribution in [0, 0.1) is 0 Å². The van der Waals surface area contributed by atoms with Crippen molar-refractivity contribution in [2.45, 2.75) is 12.7 Å². The number of alkyl halides is 2. The summed E-state index contributed by atoms with van der Waals surface area (Å²) in [5.74, 6) is 1.48. The molecule has 0 fully saturated rings. The maximum Gasteiger partial charge on any atom is 0.387 e. The molecule has 6 nitrogen and oxygen atoms in total. The number of nitrogens with one attached hydrogen (secondary N) is 1. The van der Waals surface area contributed by atoms with Gasteiger partial charge < -0.3 is 14.8 Å². The molecule has 0 saturated carbocycles. The number of halogens is 2. The minimum Gasteiger partial charge on any atom is -0.497 e. The van der Waals surface area contributed by atoms with Crippen molar-refractivity contribution in [3.63, 3.8) is 0 Å². The first-order chi connectivity index (χ1) is 13.1. The van der Waals surface area contributed by atoms with Crippen molar-refractivity contribution in [3.8, 4) is 11.5 Å². The van der Waals surface area contributed by atoms with Crippen LogP contribution in [0.3, 0.4) is 0 Å². The van der Waals surface area contributed by atoms with Crippen LogP contribution in [-0.4, -0.2) is 28.5 Å². The lowest BCUT2D eigenvalue weighted by atomic mass is 10.0. The number of aromatic nitrogens is 3. The molecule has 2 heterocycles. The Labute approximate surface area is 154 Å². The second-order valence-electron chi connectivity index (χ2n) is 5.85. The van der Waals surface area contributed by atoms with Gasteiger partial charge in [-0.1, -0.05) is 12.1 Å². The highest BCUT2D eigenvalue weighted by Crippen LogP contribution is 2.33. The maximum atomic E-state index is 12.3. The van der Waals surface area contributed by atoms with Crippen molar-refractivity contribution in [2.75, 3.05) is 12.4 Å². The third-order valence-electron chi connectivity index (χ3n) is 4.26. The van der Waals surface area contributed by atoms with Gasteiger partial charge in [0.25, 0.3) is 0 Å². The Kier molecular flexibility index (Phi) is 4.45. The number of hydrogen-bond acceptors (Lipinski definition) is 5. The van der Waals surface area contributed by atoms with Crippen LogP contribution < -0.4 is 14.8 Å². The van der Waals surface area contributed by atoms with Gasteiger partial charge in [-0.15, -0.1) is 0 Å². The summed E-state index contributed by atoms with van der Waals surface area (Å²) in [7, 11) is 1.62. The van der Waals surface area contributed by atoms with E-state index in [0.29, 0.717) is 5.95 Å². The fourth-order valence-electron chi connectivity index (χ4n) is 2.96. The van der Waals surface area contributed by atoms with Crippen LogP contribution in [0.25, 0.3) is 5.70 Å². The summed E-state index contributed by atoms with van der Waals surface area (Å²) >= 11 is 0. The molecule has 1 atom stereocenters. The van der Waals surface area contributed by atoms with Gasteiger partial charge >= 0.3 is 6.61 Å². The van der Waals surface area contributed by atoms with Gasteiger partial charge in [0.2, 0.25) is 5.95 Å². The quantitative estimate of drug-likeness (QED) is 0.737. The fourth-order valence-corrected chi connectivity index (χ4v) is 2.96. The molecule has 138 valence electrons. The summed E-state index contributed by atoms with van der Waals surface area (Å²) in [6.45, 7) is -2.85. The van der Waals surface area contributed by atoms with Crippen LogP contribution >= 0.6 is 0 Å². The number of anilines is 1. The molecule has 0 radical (unpaired) electrons. The molecule has 3 aromatic rings. The molecule has 0 bridgehead atoms. The molecule has 27 heavy (non-hydrogen) atoms. The Morgan fingerprint density at radius 2 is 1.74 bits per heavy atom. The molecule has 1 N–H and O–H groups in total. The smallest absolute Gasteiger partial charge is 0.387 e. The number of hydrogen-bond donors (Lipinski definition) is 1. The van der Waals surface area contributed by atoms with Crippen LogP contribution in [-0.2, 0) is 0 Å². The van der Waals surface area contributed by atoms with Crippen LogP contribution in [0.5, 0.6) is 11.5 Å². The zero-order valence-electron chi connectivity index (χ0n) is 14.3. The topological polar surface area (TPSA) is 61.2 Å². The van der Waals surface area contributed by atoms with Crippen molar-refractivity contribution in [1.29, 1.82) is 0 Å². The normalized spacial score (nSPS) is 15.7. The third kappa shape index (κ3) is 3.46. The summed E-state index contributed by atoms with van der Waals surface area (Å²) in [5, 5.41) is 7.51. The Bertz CT molecular complexity index is 953. The Hall–Kier alpha value is -3.42. The number of rotatable bonds is 5. The lowest BCUT2D eigenvalue weighted by molar-refractivity contribution is -0.0498. The standard InChI is InChI=1S/C19H16F2N4O2/c1-26-14-6-4-13(5-7-14)17-10-16(24-19-22-11-23-25(17)19)12-2-8-15(9-3-12)27-18(20)21/h2-11,17-18H,1H3,(H,22,23,24). The van der Waals surface area contributed by atoms with E-state index in [1.165, 1.54) is 18.5 Å². The minimum atomic E-state index is -2.85. The molecular formula is C19H16F2N4O2. The summed E-state index contributed by atoms with van der Waals surface area (Å²) in [6, 6.07) is 14.0. The van der Waals surface area contributed by atoms with Crippen LogP contribution in [0.2, 0.25) is 0 Å². The van der Waals surface area contributed by atoms with E-state index in [2.05, 4.69) is 20.1 Å². The maximum absolute atomic E-state index is 12.3. The van der Waals surface area contributed by atoms with Crippen molar-refractivity contribution in [3.05, 3.63) is 72.1 Å². The number of nitrogens with zero attached hydrogens (tertiary/aromatic N) is 3. The van der Waals surface area contributed by atoms with Crippen molar-refractivity contribution < 1.29 is 18.3 Å². The Morgan fingerprint density at radius 1 is 1.04 bits per heavy atom. The first kappa shape index (κ1) is 17.0. The summed E-state index contributed by atoms with van der Waals surface area (Å²) < 4.78 is 36.0. The highest BCUT2D eigenvalue weighted by Gasteiger charge is 2.23. The van der Waals surface area contributed by atoms with E-state index < -0.39 is 6.61 Å². The lowest BCUT2D eigenvalue weighted by Gasteiger charge is -2.24. The number of benzene rings is 2. The Morgan fingerprint density at radius 3 is 2.41 bits per heavy atom. The molecular weight excluding hydrogens is 354 g/mol. The molecule has 1 aromatic heterocycles. The van der Waals surface area contributed by atoms with Crippen molar-refractivity contribution in [2.24, 2.45) is 0 Å². The predicted molar refractivity (Wildman–Crippen MR) is 95.8 cm³/mol. The summed E-state index contributed by atoms with van der Waals surface area (Å²) in [5.41, 5.74) is 2.64. The molecule has 1 aliphatic heterocycles. The van der Waals surface area contributed by atoms with E-state index >= 15 is 0 Å². The average Bonchev–Trinajstić information content (AvgIpc) is 3.16. The van der Waals surface area contributed by atoms with Gasteiger partial charge in [-0.25, -0.2) is 4.68 Å². The van der Waals surface area contributed by atoms with Crippen molar-refractivity contribution >= 4 is 11.6 Å². The molecule has 0 aliphatic carbocycles. The minimum absolute atomic E-state index is 0.111. The van der Waals surface area contributed by atoms with E-state index in [1.54, 1.807) is 23.9 Å². The number of allylic oxidation sites excluding steroid dienone is 1. The predicted octanol–water partition coefficient (Wildman–Crippen LogP) is 3.94. The molecule has 0 spiro atoms. The number of ether oxygens (including phenoxy) is 2. The van der Waals surface area contributed by atoms with Gasteiger partial charge in [0.15, 0.2) is 0 Å². The molecule has 4 rings (SSSR count). The molecule has 0 amide bonds. The third-order valence-corrected chi connectivity index (χ3v) is 4.26. The first-order valence-corrected chi connectivity index (χ1v) is 8.21. The zero-order valence-corrected chi connectivity index (χ0v) is 14.3. The Balaban J connectivity index is 1.67. The van der Waals surface area contributed by atoms with E-state index in [0.717, 1.165) is 22.6 Å². The van der Waals surface area contributed by atoms with Gasteiger partial charge in [0.05, 0.1) is 7.11 Å². The molecule has 2 aromatic carbocycles. The van der Waals surface area contributed by atoms with Crippen LogP contribution in [0.1, 0.15) is 17.2 Å². The molecule has 8 heteroatoms. The second kappa shape index (κ2) is 7.06. The number of methoxy groups -OCH3 is 1. The SMILES string of the molecule is COc1ccc(C2C=C(c3ccc(OC(F)F)cc3)Nc3ncnn32)cc1. The summed E-state index contributed by atoms with van der Waals surface area (Å²) in [6.07, 6.45) is 3.49. The zero-order chi connectivity index (χ0) is 18.8. The molecule has 1 aliphatic rings. The second-order valence-corrected chi connectivity index (χ2v) is 5.85. The highest BCUT2D eigenvalue weighted by molar-refractivity contribution is 5.77. The highest BCUT2D eigenvalue weighted by atomic mass is 19.3. The lowest BCUT2D eigenvalue weighted by Crippen LogP contribution is -2.20. The van der Waals surface area contributed by atoms with Gasteiger partial charge in [0.1, 0.15) is 23.9 Å². The summed E-state index contributed by atoms with van der Waals surface area (Å²) in [4.78, 5) is 4.25. The van der Waals surface area contributed by atoms with Gasteiger partial charge in [-0.2, -0.15) is 18.9 Å². The molecule has 0 saturated heterocycles. The fraction of sp³-hybridized carbons (Fsp3) is 0.158. The largest absolute Gasteiger partial charge is 0.497 e. The van der Waals surface area contributed by atoms with E-state index in [9.17, 15) is 8.78 Å². The monoisotopic (exact) mass is 370 g/mol. The van der Waals surface area contributed by atoms with Gasteiger partial charge in [-0.3, -0.25) is 0 Å².